The van der Waals surface area contributed by atoms with Gasteiger partial charge >= 0.3 is 0 Å². The van der Waals surface area contributed by atoms with Gasteiger partial charge in [0.15, 0.2) is 5.71 Å². The van der Waals surface area contributed by atoms with E-state index in [0.29, 0.717) is 37.2 Å². The maximum atomic E-state index is 15.1. The van der Waals surface area contributed by atoms with Crippen LogP contribution in [0.5, 0.6) is 0 Å². The lowest BCUT2D eigenvalue weighted by atomic mass is 9.79. The maximum absolute atomic E-state index is 15.1. The van der Waals surface area contributed by atoms with Crippen LogP contribution in [-0.2, 0) is 31.1 Å². The van der Waals surface area contributed by atoms with Crippen molar-refractivity contribution in [2.45, 2.75) is 64.2 Å². The molecule has 9 nitrogen and oxygen atoms in total. The minimum Gasteiger partial charge on any atom is -0.622 e. The molecule has 0 radical (unpaired) electrons. The molecule has 0 bridgehead atoms. The van der Waals surface area contributed by atoms with Gasteiger partial charge in [-0.1, -0.05) is 85.0 Å². The molecule has 6 rings (SSSR count). The van der Waals surface area contributed by atoms with Crippen LogP contribution in [0.15, 0.2) is 121 Å². The van der Waals surface area contributed by atoms with E-state index in [1.54, 1.807) is 0 Å². The molecule has 0 spiro atoms. The topological polar surface area (TPSA) is 135 Å². The van der Waals surface area contributed by atoms with Gasteiger partial charge < -0.3 is 5.21 Å². The molecule has 0 saturated heterocycles. The van der Waals surface area contributed by atoms with E-state index in [2.05, 4.69) is 48.8 Å². The molecule has 1 atom stereocenters. The predicted molar refractivity (Wildman–Crippen MR) is 221 cm³/mol. The van der Waals surface area contributed by atoms with Crippen LogP contribution in [0.2, 0.25) is 0 Å². The highest BCUT2D eigenvalue weighted by molar-refractivity contribution is 7.86. The highest BCUT2D eigenvalue weighted by atomic mass is 32.2. The number of quaternary nitrogens is 1. The number of allylic oxidation sites excluding steroid dienone is 8. The van der Waals surface area contributed by atoms with Crippen molar-refractivity contribution in [1.82, 2.24) is 4.65 Å². The first-order valence-electron chi connectivity index (χ1n) is 18.4. The Morgan fingerprint density at radius 3 is 1.94 bits per heavy atom. The molecule has 2 heterocycles. The number of nitrogens with zero attached hydrogens (tertiary/aromatic N) is 2. The van der Waals surface area contributed by atoms with E-state index < -0.39 is 30.3 Å². The van der Waals surface area contributed by atoms with Crippen molar-refractivity contribution in [3.63, 3.8) is 0 Å². The van der Waals surface area contributed by atoms with E-state index in [4.69, 9.17) is 0 Å². The monoisotopic (exact) mass is 769 g/mol. The first-order chi connectivity index (χ1) is 25.5. The summed E-state index contributed by atoms with van der Waals surface area (Å²) in [6.07, 6.45) is 15.0. The Bertz CT molecular complexity index is 2480. The number of hydrogen-bond donors (Lipinski definition) is 2. The number of fused-ring (bicyclic) bond motifs is 6. The molecular formula is C43H49N2O7S2+. The lowest BCUT2D eigenvalue weighted by molar-refractivity contribution is -0.438. The molecule has 284 valence electrons. The van der Waals surface area contributed by atoms with Crippen molar-refractivity contribution in [2.75, 3.05) is 24.6 Å². The summed E-state index contributed by atoms with van der Waals surface area (Å²) < 4.78 is 65.7. The van der Waals surface area contributed by atoms with Crippen LogP contribution >= 0.6 is 0 Å². The zero-order valence-electron chi connectivity index (χ0n) is 31.3. The molecule has 0 aliphatic carbocycles. The second-order valence-electron chi connectivity index (χ2n) is 15.3. The van der Waals surface area contributed by atoms with Gasteiger partial charge in [-0.25, -0.2) is 0 Å². The number of rotatable bonds is 14. The fraction of sp³-hybridized carbons (Fsp3) is 0.326. The number of unbranched alkanes of at least 4 members (excludes halogenated alkanes) is 2. The summed E-state index contributed by atoms with van der Waals surface area (Å²) in [6, 6.07) is 24.4. The van der Waals surface area contributed by atoms with Gasteiger partial charge in [0.25, 0.3) is 20.2 Å². The second-order valence-corrected chi connectivity index (χ2v) is 18.4. The largest absolute Gasteiger partial charge is 0.622 e. The molecule has 0 amide bonds. The number of hydroxylamine groups is 2. The third kappa shape index (κ3) is 7.93. The molecule has 2 aliphatic rings. The molecule has 0 aromatic heterocycles. The van der Waals surface area contributed by atoms with Crippen molar-refractivity contribution in [3.8, 4) is 0 Å². The third-order valence-corrected chi connectivity index (χ3v) is 12.4. The SMILES string of the molecule is CC1(C)C(/C=C/C=C/C=C/C=C2/C(C)(C)c3ccc4ccccc4c3[N+]2([O-])CCCCS(=O)(=O)O)=[N+](CCCCS(=O)(=O)O)c2ccc3ccccc3c21. The summed E-state index contributed by atoms with van der Waals surface area (Å²) >= 11 is 0. The highest BCUT2D eigenvalue weighted by Gasteiger charge is 2.50. The molecule has 0 fully saturated rings. The minimum absolute atomic E-state index is 0.136. The van der Waals surface area contributed by atoms with Crippen LogP contribution in [-0.4, -0.2) is 60.8 Å². The van der Waals surface area contributed by atoms with E-state index in [9.17, 15) is 25.9 Å². The molecule has 1 unspecified atom stereocenters. The van der Waals surface area contributed by atoms with Crippen molar-refractivity contribution in [3.05, 3.63) is 137 Å². The van der Waals surface area contributed by atoms with E-state index >= 15 is 5.21 Å². The smallest absolute Gasteiger partial charge is 0.264 e. The maximum Gasteiger partial charge on any atom is 0.264 e. The Balaban J connectivity index is 1.28. The van der Waals surface area contributed by atoms with Gasteiger partial charge in [-0.15, -0.1) is 0 Å². The molecule has 54 heavy (non-hydrogen) atoms. The lowest BCUT2D eigenvalue weighted by Crippen LogP contribution is -2.43. The summed E-state index contributed by atoms with van der Waals surface area (Å²) in [5.41, 5.74) is 4.73. The normalized spacial score (nSPS) is 20.4. The zero-order chi connectivity index (χ0) is 38.9. The average Bonchev–Trinajstić information content (AvgIpc) is 3.43. The van der Waals surface area contributed by atoms with E-state index in [0.717, 1.165) is 33.1 Å². The molecule has 2 N–H and O–H groups in total. The van der Waals surface area contributed by atoms with E-state index in [1.807, 2.05) is 98.8 Å². The van der Waals surface area contributed by atoms with E-state index in [1.165, 1.54) is 10.9 Å². The fourth-order valence-electron chi connectivity index (χ4n) is 8.35. The molecule has 4 aromatic rings. The zero-order valence-corrected chi connectivity index (χ0v) is 32.9. The van der Waals surface area contributed by atoms with Crippen molar-refractivity contribution >= 4 is 58.9 Å². The molecule has 4 aromatic carbocycles. The van der Waals surface area contributed by atoms with E-state index in [-0.39, 0.29) is 29.9 Å². The van der Waals surface area contributed by atoms with Gasteiger partial charge in [0, 0.05) is 35.1 Å². The van der Waals surface area contributed by atoms with Crippen LogP contribution in [0, 0.1) is 5.21 Å². The Labute approximate surface area is 319 Å². The van der Waals surface area contributed by atoms with Crippen molar-refractivity contribution in [1.29, 1.82) is 0 Å². The Hall–Kier alpha value is -4.23. The number of hydrogen-bond acceptors (Lipinski definition) is 5. The van der Waals surface area contributed by atoms with Gasteiger partial charge in [0.1, 0.15) is 17.9 Å². The standard InChI is InChI=1S/C43H48N2O7S2/c1-42(2)36-26-24-33-19-11-13-21-35(33)41(36)45(46,29-15-17-31-54(50,51)52)39(42)23-9-7-5-6-8-22-38-43(3,4)40-34-20-12-10-18-32(34)25-27-37(40)44(38)28-14-16-30-53(47,48)49/h5-13,18-27H,14-17,28-31H2,1-4H3,(H-,47,48,49,50,51,52)/p+1/b6-5+,9-7+,22-8+,39-23-. The fourth-order valence-corrected chi connectivity index (χ4v) is 9.49. The first kappa shape index (κ1) is 39.5. The van der Waals surface area contributed by atoms with Gasteiger partial charge in [-0.3, -0.25) is 13.8 Å². The quantitative estimate of drug-likeness (QED) is 0.0326. The van der Waals surface area contributed by atoms with Gasteiger partial charge in [-0.2, -0.15) is 21.4 Å². The summed E-state index contributed by atoms with van der Waals surface area (Å²) in [5, 5.41) is 19.2. The highest BCUT2D eigenvalue weighted by Crippen LogP contribution is 2.55. The van der Waals surface area contributed by atoms with Crippen LogP contribution in [0.25, 0.3) is 21.5 Å². The summed E-state index contributed by atoms with van der Waals surface area (Å²) in [5.74, 6) is -0.660. The lowest BCUT2D eigenvalue weighted by Gasteiger charge is -2.42. The third-order valence-electron chi connectivity index (χ3n) is 10.8. The predicted octanol–water partition coefficient (Wildman–Crippen LogP) is 9.05. The summed E-state index contributed by atoms with van der Waals surface area (Å²) in [6.45, 7) is 9.23. The van der Waals surface area contributed by atoms with Crippen LogP contribution in [0.1, 0.15) is 64.5 Å². The second kappa shape index (κ2) is 15.1. The van der Waals surface area contributed by atoms with Crippen LogP contribution in [0.3, 0.4) is 0 Å². The van der Waals surface area contributed by atoms with Gasteiger partial charge in [0.05, 0.1) is 28.9 Å². The average molecular weight is 770 g/mol. The Morgan fingerprint density at radius 1 is 0.685 bits per heavy atom. The summed E-state index contributed by atoms with van der Waals surface area (Å²) in [7, 11) is -8.15. The molecule has 0 saturated carbocycles. The van der Waals surface area contributed by atoms with Crippen molar-refractivity contribution in [2.24, 2.45) is 0 Å². The first-order valence-corrected chi connectivity index (χ1v) is 21.6. The minimum atomic E-state index is -4.13. The van der Waals surface area contributed by atoms with Crippen LogP contribution < -0.4 is 4.65 Å². The number of benzene rings is 4. The Morgan fingerprint density at radius 2 is 1.26 bits per heavy atom. The van der Waals surface area contributed by atoms with Crippen molar-refractivity contribution < 1.29 is 30.5 Å². The molecule has 2 aliphatic heterocycles. The summed E-state index contributed by atoms with van der Waals surface area (Å²) in [4.78, 5) is 0. The van der Waals surface area contributed by atoms with Gasteiger partial charge in [0.2, 0.25) is 5.69 Å². The Kier molecular flexibility index (Phi) is 11.1. The molecular weight excluding hydrogens is 721 g/mol. The van der Waals surface area contributed by atoms with Crippen LogP contribution in [0.4, 0.5) is 11.4 Å². The van der Waals surface area contributed by atoms with Gasteiger partial charge in [-0.05, 0) is 81.3 Å². The molecule has 11 heteroatoms.